The highest BCUT2D eigenvalue weighted by Gasteiger charge is 2.41. The second-order valence-electron chi connectivity index (χ2n) is 9.67. The molecule has 30 heavy (non-hydrogen) atoms. The van der Waals surface area contributed by atoms with Gasteiger partial charge in [-0.2, -0.15) is 0 Å². The van der Waals surface area contributed by atoms with Crippen LogP contribution < -0.4 is 10.6 Å². The maximum absolute atomic E-state index is 12.6. The van der Waals surface area contributed by atoms with E-state index in [4.69, 9.17) is 0 Å². The van der Waals surface area contributed by atoms with E-state index in [9.17, 15) is 9.59 Å². The number of thiazole rings is 2. The largest absolute Gasteiger partial charge is 0.355 e. The van der Waals surface area contributed by atoms with Crippen molar-refractivity contribution in [2.45, 2.75) is 72.8 Å². The summed E-state index contributed by atoms with van der Waals surface area (Å²) in [7, 11) is 0. The summed E-state index contributed by atoms with van der Waals surface area (Å²) >= 11 is 3.13. The minimum Gasteiger partial charge on any atom is -0.355 e. The van der Waals surface area contributed by atoms with Crippen molar-refractivity contribution < 1.29 is 9.59 Å². The number of carbonyl (C=O) groups excluding carboxylic acids is 2. The molecule has 1 aliphatic carbocycles. The van der Waals surface area contributed by atoms with E-state index in [1.165, 1.54) is 0 Å². The topological polar surface area (TPSA) is 84.0 Å². The van der Waals surface area contributed by atoms with Gasteiger partial charge in [-0.25, -0.2) is 9.97 Å². The Morgan fingerprint density at radius 1 is 1.00 bits per heavy atom. The fraction of sp³-hybridized carbons (Fsp3) is 0.636. The van der Waals surface area contributed by atoms with Crippen LogP contribution in [0.1, 0.15) is 61.4 Å². The van der Waals surface area contributed by atoms with Crippen LogP contribution >= 0.6 is 22.7 Å². The standard InChI is InChI=1S/C22H32N4O2S2/c1-14-24-16(10-29-14)6-19(27)23-13-22(5)9-18(8-21(3,4)12-22)26-20(28)7-17-11-30-15(2)25-17/h10-11,18H,6-9,12-13H2,1-5H3,(H,23,27)(H,26,28)/t18-,22+/m0/s1. The van der Waals surface area contributed by atoms with Gasteiger partial charge in [-0.05, 0) is 43.9 Å². The molecular weight excluding hydrogens is 416 g/mol. The van der Waals surface area contributed by atoms with Crippen LogP contribution in [-0.2, 0) is 22.4 Å². The average molecular weight is 449 g/mol. The maximum Gasteiger partial charge on any atom is 0.226 e. The Morgan fingerprint density at radius 3 is 2.10 bits per heavy atom. The molecule has 0 saturated heterocycles. The number of aryl methyl sites for hydroxylation is 2. The van der Waals surface area contributed by atoms with Crippen molar-refractivity contribution in [1.29, 1.82) is 0 Å². The van der Waals surface area contributed by atoms with Crippen molar-refractivity contribution in [3.8, 4) is 0 Å². The molecule has 0 bridgehead atoms. The first-order valence-electron chi connectivity index (χ1n) is 10.4. The van der Waals surface area contributed by atoms with Gasteiger partial charge < -0.3 is 10.6 Å². The molecule has 6 nitrogen and oxygen atoms in total. The summed E-state index contributed by atoms with van der Waals surface area (Å²) in [5.74, 6) is 0.0256. The summed E-state index contributed by atoms with van der Waals surface area (Å²) in [5, 5.41) is 12.2. The molecule has 2 amide bonds. The van der Waals surface area contributed by atoms with Crippen molar-refractivity contribution in [2.24, 2.45) is 10.8 Å². The first kappa shape index (κ1) is 22.9. The molecule has 164 valence electrons. The van der Waals surface area contributed by atoms with Gasteiger partial charge in [-0.1, -0.05) is 20.8 Å². The summed E-state index contributed by atoms with van der Waals surface area (Å²) < 4.78 is 0. The smallest absolute Gasteiger partial charge is 0.226 e. The van der Waals surface area contributed by atoms with Crippen molar-refractivity contribution in [3.63, 3.8) is 0 Å². The first-order valence-corrected chi connectivity index (χ1v) is 12.2. The third kappa shape index (κ3) is 6.60. The molecule has 1 fully saturated rings. The summed E-state index contributed by atoms with van der Waals surface area (Å²) in [6.45, 7) is 11.2. The number of amides is 2. The van der Waals surface area contributed by atoms with Crippen LogP contribution in [-0.4, -0.2) is 34.4 Å². The van der Waals surface area contributed by atoms with E-state index in [0.29, 0.717) is 19.4 Å². The Morgan fingerprint density at radius 2 is 1.57 bits per heavy atom. The van der Waals surface area contributed by atoms with Crippen LogP contribution in [0.15, 0.2) is 10.8 Å². The second-order valence-corrected chi connectivity index (χ2v) is 11.8. The second kappa shape index (κ2) is 9.14. The molecule has 0 spiro atoms. The van der Waals surface area contributed by atoms with Crippen LogP contribution in [0.25, 0.3) is 0 Å². The van der Waals surface area contributed by atoms with Crippen molar-refractivity contribution in [2.75, 3.05) is 6.54 Å². The summed E-state index contributed by atoms with van der Waals surface area (Å²) in [4.78, 5) is 33.7. The minimum atomic E-state index is -0.0649. The highest BCUT2D eigenvalue weighted by Crippen LogP contribution is 2.45. The quantitative estimate of drug-likeness (QED) is 0.674. The molecular formula is C22H32N4O2S2. The Bertz CT molecular complexity index is 905. The van der Waals surface area contributed by atoms with Gasteiger partial charge in [0.25, 0.3) is 0 Å². The van der Waals surface area contributed by atoms with Gasteiger partial charge in [0.2, 0.25) is 11.8 Å². The van der Waals surface area contributed by atoms with Gasteiger partial charge in [0.05, 0.1) is 34.2 Å². The number of aromatic nitrogens is 2. The highest BCUT2D eigenvalue weighted by molar-refractivity contribution is 7.09. The lowest BCUT2D eigenvalue weighted by molar-refractivity contribution is -0.123. The zero-order chi connectivity index (χ0) is 21.9. The van der Waals surface area contributed by atoms with Crippen molar-refractivity contribution in [1.82, 2.24) is 20.6 Å². The van der Waals surface area contributed by atoms with Gasteiger partial charge in [0.15, 0.2) is 0 Å². The van der Waals surface area contributed by atoms with E-state index in [1.54, 1.807) is 22.7 Å². The van der Waals surface area contributed by atoms with Gasteiger partial charge in [-0.15, -0.1) is 22.7 Å². The highest BCUT2D eigenvalue weighted by atomic mass is 32.1. The lowest BCUT2D eigenvalue weighted by Gasteiger charge is -2.47. The molecule has 0 radical (unpaired) electrons. The van der Waals surface area contributed by atoms with E-state index >= 15 is 0 Å². The maximum atomic E-state index is 12.6. The predicted molar refractivity (Wildman–Crippen MR) is 122 cm³/mol. The Kier molecular flexibility index (Phi) is 6.97. The fourth-order valence-electron chi connectivity index (χ4n) is 4.83. The molecule has 2 aromatic heterocycles. The zero-order valence-corrected chi connectivity index (χ0v) is 20.1. The molecule has 8 heteroatoms. The molecule has 3 rings (SSSR count). The van der Waals surface area contributed by atoms with Crippen LogP contribution in [0.2, 0.25) is 0 Å². The number of hydrogen-bond acceptors (Lipinski definition) is 6. The lowest BCUT2D eigenvalue weighted by Crippen LogP contribution is -2.50. The lowest BCUT2D eigenvalue weighted by atomic mass is 9.62. The van der Waals surface area contributed by atoms with E-state index in [1.807, 2.05) is 24.6 Å². The third-order valence-corrected chi connectivity index (χ3v) is 7.18. The number of nitrogens with one attached hydrogen (secondary N) is 2. The van der Waals surface area contributed by atoms with Crippen LogP contribution in [0.5, 0.6) is 0 Å². The van der Waals surface area contributed by atoms with E-state index in [0.717, 1.165) is 40.7 Å². The molecule has 2 aromatic rings. The Hall–Kier alpha value is -1.80. The minimum absolute atomic E-state index is 0.00407. The van der Waals surface area contributed by atoms with Gasteiger partial charge >= 0.3 is 0 Å². The van der Waals surface area contributed by atoms with Gasteiger partial charge in [0, 0.05) is 23.3 Å². The Labute approximate surface area is 186 Å². The molecule has 2 N–H and O–H groups in total. The molecule has 0 unspecified atom stereocenters. The fourth-order valence-corrected chi connectivity index (χ4v) is 6.06. The number of hydrogen-bond donors (Lipinski definition) is 2. The predicted octanol–water partition coefficient (Wildman–Crippen LogP) is 3.82. The van der Waals surface area contributed by atoms with Crippen LogP contribution in [0, 0.1) is 24.7 Å². The van der Waals surface area contributed by atoms with E-state index < -0.39 is 0 Å². The summed E-state index contributed by atoms with van der Waals surface area (Å²) in [5.41, 5.74) is 1.69. The molecule has 1 aliphatic rings. The molecule has 0 aromatic carbocycles. The third-order valence-electron chi connectivity index (χ3n) is 5.54. The average Bonchev–Trinajstić information content (AvgIpc) is 3.19. The summed E-state index contributed by atoms with van der Waals surface area (Å²) in [6.07, 6.45) is 3.44. The van der Waals surface area contributed by atoms with E-state index in [-0.39, 0.29) is 28.7 Å². The van der Waals surface area contributed by atoms with Crippen molar-refractivity contribution in [3.05, 3.63) is 32.2 Å². The molecule has 0 aliphatic heterocycles. The van der Waals surface area contributed by atoms with Crippen LogP contribution in [0.3, 0.4) is 0 Å². The molecule has 1 saturated carbocycles. The Balaban J connectivity index is 1.55. The van der Waals surface area contributed by atoms with Gasteiger partial charge in [0.1, 0.15) is 0 Å². The number of carbonyl (C=O) groups is 2. The SMILES string of the molecule is Cc1nc(CC(=O)NC[C@]2(C)C[C@@H](NC(=O)Cc3csc(C)n3)CC(C)(C)C2)cs1. The van der Waals surface area contributed by atoms with E-state index in [2.05, 4.69) is 41.4 Å². The zero-order valence-electron chi connectivity index (χ0n) is 18.5. The number of rotatable bonds is 7. The molecule has 2 heterocycles. The molecule has 2 atom stereocenters. The van der Waals surface area contributed by atoms with Crippen molar-refractivity contribution >= 4 is 34.5 Å². The number of nitrogens with zero attached hydrogens (tertiary/aromatic N) is 2. The summed E-state index contributed by atoms with van der Waals surface area (Å²) in [6, 6.07) is 0.101. The van der Waals surface area contributed by atoms with Crippen LogP contribution in [0.4, 0.5) is 0 Å². The first-order chi connectivity index (χ1) is 14.0. The monoisotopic (exact) mass is 448 g/mol. The normalized spacial score (nSPS) is 23.2. The van der Waals surface area contributed by atoms with Gasteiger partial charge in [-0.3, -0.25) is 9.59 Å².